The van der Waals surface area contributed by atoms with Crippen LogP contribution in [0.2, 0.25) is 0 Å². The average Bonchev–Trinajstić information content (AvgIpc) is 3.31. The minimum Gasteiger partial charge on any atom is -0.452 e. The second-order valence-electron chi connectivity index (χ2n) is 9.72. The van der Waals surface area contributed by atoms with Gasteiger partial charge in [-0.1, -0.05) is 42.5 Å². The van der Waals surface area contributed by atoms with Crippen molar-refractivity contribution in [1.29, 1.82) is 0 Å². The Morgan fingerprint density at radius 3 is 2.49 bits per heavy atom. The van der Waals surface area contributed by atoms with Crippen molar-refractivity contribution in [3.8, 4) is 0 Å². The van der Waals surface area contributed by atoms with Crippen molar-refractivity contribution in [1.82, 2.24) is 14.8 Å². The highest BCUT2D eigenvalue weighted by Gasteiger charge is 2.18. The standard InChI is InChI=1S/C31H32N4OS/c1-34-17-19-35(20-18-34)16-15-32-29-26-21-23(8-7-22-9-12-24(37-2)13-10-22)11-14-27(26)33-30-25-5-3-4-6-28(25)36-31(29)30/h3-14,21H,15-20H2,1-2H3,(H,32,33)/b8-7+. The van der Waals surface area contributed by atoms with Crippen molar-refractivity contribution in [2.24, 2.45) is 0 Å². The lowest BCUT2D eigenvalue weighted by Gasteiger charge is -2.32. The van der Waals surface area contributed by atoms with E-state index in [9.17, 15) is 0 Å². The van der Waals surface area contributed by atoms with Crippen LogP contribution in [0.15, 0.2) is 76.0 Å². The summed E-state index contributed by atoms with van der Waals surface area (Å²) in [6.45, 7) is 6.34. The summed E-state index contributed by atoms with van der Waals surface area (Å²) in [5.74, 6) is 0. The van der Waals surface area contributed by atoms with Crippen LogP contribution in [0, 0.1) is 0 Å². The number of piperazine rings is 1. The number of benzene rings is 3. The van der Waals surface area contributed by atoms with Gasteiger partial charge in [0.15, 0.2) is 5.58 Å². The molecule has 1 aliphatic heterocycles. The average molecular weight is 509 g/mol. The molecule has 1 saturated heterocycles. The molecule has 6 rings (SSSR count). The largest absolute Gasteiger partial charge is 0.452 e. The normalized spacial score (nSPS) is 15.4. The minimum atomic E-state index is 0.834. The van der Waals surface area contributed by atoms with E-state index in [2.05, 4.69) is 89.1 Å². The fraction of sp³-hybridized carbons (Fsp3) is 0.258. The molecule has 2 aromatic heterocycles. The Morgan fingerprint density at radius 2 is 1.68 bits per heavy atom. The Bertz CT molecular complexity index is 1570. The molecule has 3 heterocycles. The molecule has 0 atom stereocenters. The topological polar surface area (TPSA) is 44.5 Å². The number of hydrogen-bond acceptors (Lipinski definition) is 6. The van der Waals surface area contributed by atoms with Crippen LogP contribution in [0.1, 0.15) is 11.1 Å². The van der Waals surface area contributed by atoms with Crippen LogP contribution in [0.3, 0.4) is 0 Å². The van der Waals surface area contributed by atoms with E-state index in [4.69, 9.17) is 9.40 Å². The smallest absolute Gasteiger partial charge is 0.177 e. The van der Waals surface area contributed by atoms with E-state index in [1.807, 2.05) is 18.2 Å². The second kappa shape index (κ2) is 10.6. The zero-order chi connectivity index (χ0) is 25.2. The summed E-state index contributed by atoms with van der Waals surface area (Å²) in [6, 6.07) is 23.3. The van der Waals surface area contributed by atoms with Gasteiger partial charge in [0.05, 0.1) is 11.2 Å². The van der Waals surface area contributed by atoms with Gasteiger partial charge in [-0.3, -0.25) is 4.90 Å². The lowest BCUT2D eigenvalue weighted by Crippen LogP contribution is -2.45. The SMILES string of the molecule is CSc1ccc(/C=C/c2ccc3nc4c(oc5ccccc54)c(NCCN4CCN(C)CC4)c3c2)cc1. The molecule has 0 saturated carbocycles. The summed E-state index contributed by atoms with van der Waals surface area (Å²) < 4.78 is 6.37. The van der Waals surface area contributed by atoms with E-state index >= 15 is 0 Å². The number of hydrogen-bond donors (Lipinski definition) is 1. The number of rotatable bonds is 7. The summed E-state index contributed by atoms with van der Waals surface area (Å²) >= 11 is 1.76. The van der Waals surface area contributed by atoms with E-state index in [0.29, 0.717) is 0 Å². The molecular formula is C31H32N4OS. The number of fused-ring (bicyclic) bond motifs is 4. The molecule has 0 radical (unpaired) electrons. The lowest BCUT2D eigenvalue weighted by molar-refractivity contribution is 0.158. The number of para-hydroxylation sites is 1. The van der Waals surface area contributed by atoms with Crippen LogP contribution in [-0.2, 0) is 0 Å². The number of thioether (sulfide) groups is 1. The molecule has 6 heteroatoms. The van der Waals surface area contributed by atoms with Crippen molar-refractivity contribution in [3.05, 3.63) is 77.9 Å². The Morgan fingerprint density at radius 1 is 0.919 bits per heavy atom. The summed E-state index contributed by atoms with van der Waals surface area (Å²) in [6.07, 6.45) is 6.44. The fourth-order valence-electron chi connectivity index (χ4n) is 5.00. The number of likely N-dealkylation sites (N-methyl/N-ethyl adjacent to an activating group) is 1. The van der Waals surface area contributed by atoms with Crippen LogP contribution in [-0.4, -0.2) is 67.4 Å². The zero-order valence-corrected chi connectivity index (χ0v) is 22.2. The summed E-state index contributed by atoms with van der Waals surface area (Å²) in [4.78, 5) is 11.2. The molecule has 0 spiro atoms. The van der Waals surface area contributed by atoms with Crippen LogP contribution in [0.5, 0.6) is 0 Å². The molecule has 5 aromatic rings. The maximum absolute atomic E-state index is 6.37. The third kappa shape index (κ3) is 5.10. The van der Waals surface area contributed by atoms with Crippen LogP contribution >= 0.6 is 11.8 Å². The Balaban J connectivity index is 1.35. The molecular weight excluding hydrogens is 476 g/mol. The Labute approximate surface area is 222 Å². The third-order valence-electron chi connectivity index (χ3n) is 7.23. The van der Waals surface area contributed by atoms with Gasteiger partial charge in [0.25, 0.3) is 0 Å². The lowest BCUT2D eigenvalue weighted by atomic mass is 10.1. The van der Waals surface area contributed by atoms with Gasteiger partial charge < -0.3 is 14.6 Å². The molecule has 5 nitrogen and oxygen atoms in total. The number of nitrogens with one attached hydrogen (secondary N) is 1. The summed E-state index contributed by atoms with van der Waals surface area (Å²) in [5, 5.41) is 5.89. The number of nitrogens with zero attached hydrogens (tertiary/aromatic N) is 3. The Hall–Kier alpha value is -3.32. The molecule has 1 N–H and O–H groups in total. The van der Waals surface area contributed by atoms with Crippen molar-refractivity contribution in [2.45, 2.75) is 4.90 Å². The first-order chi connectivity index (χ1) is 18.2. The molecule has 37 heavy (non-hydrogen) atoms. The zero-order valence-electron chi connectivity index (χ0n) is 21.4. The molecule has 1 fully saturated rings. The van der Waals surface area contributed by atoms with Crippen LogP contribution in [0.25, 0.3) is 45.1 Å². The first-order valence-electron chi connectivity index (χ1n) is 12.9. The highest BCUT2D eigenvalue weighted by Crippen LogP contribution is 2.37. The third-order valence-corrected chi connectivity index (χ3v) is 7.97. The van der Waals surface area contributed by atoms with Crippen molar-refractivity contribution >= 4 is 62.6 Å². The van der Waals surface area contributed by atoms with Gasteiger partial charge in [0, 0.05) is 54.9 Å². The highest BCUT2D eigenvalue weighted by atomic mass is 32.2. The number of aromatic nitrogens is 1. The molecule has 3 aromatic carbocycles. The van der Waals surface area contributed by atoms with Gasteiger partial charge in [-0.15, -0.1) is 11.8 Å². The van der Waals surface area contributed by atoms with Crippen molar-refractivity contribution in [2.75, 3.05) is 57.9 Å². The number of furan rings is 1. The van der Waals surface area contributed by atoms with E-state index in [1.54, 1.807) is 11.8 Å². The van der Waals surface area contributed by atoms with Crippen LogP contribution < -0.4 is 5.32 Å². The molecule has 1 aliphatic rings. The van der Waals surface area contributed by atoms with Gasteiger partial charge in [-0.05, 0) is 60.8 Å². The first-order valence-corrected chi connectivity index (χ1v) is 14.1. The molecule has 0 aliphatic carbocycles. The molecule has 188 valence electrons. The molecule has 0 bridgehead atoms. The van der Waals surface area contributed by atoms with E-state index in [0.717, 1.165) is 83.5 Å². The monoisotopic (exact) mass is 508 g/mol. The van der Waals surface area contributed by atoms with Gasteiger partial charge in [-0.25, -0.2) is 4.98 Å². The van der Waals surface area contributed by atoms with Gasteiger partial charge >= 0.3 is 0 Å². The second-order valence-corrected chi connectivity index (χ2v) is 10.6. The van der Waals surface area contributed by atoms with E-state index < -0.39 is 0 Å². The minimum absolute atomic E-state index is 0.834. The fourth-order valence-corrected chi connectivity index (χ4v) is 5.41. The van der Waals surface area contributed by atoms with Gasteiger partial charge in [0.2, 0.25) is 0 Å². The highest BCUT2D eigenvalue weighted by molar-refractivity contribution is 7.98. The van der Waals surface area contributed by atoms with Crippen molar-refractivity contribution < 1.29 is 4.42 Å². The van der Waals surface area contributed by atoms with Gasteiger partial charge in [-0.2, -0.15) is 0 Å². The van der Waals surface area contributed by atoms with E-state index in [-0.39, 0.29) is 0 Å². The van der Waals surface area contributed by atoms with Crippen molar-refractivity contribution in [3.63, 3.8) is 0 Å². The summed E-state index contributed by atoms with van der Waals surface area (Å²) in [7, 11) is 2.20. The summed E-state index contributed by atoms with van der Waals surface area (Å²) in [5.41, 5.74) is 6.96. The first kappa shape index (κ1) is 24.0. The number of pyridine rings is 1. The predicted octanol–water partition coefficient (Wildman–Crippen LogP) is 6.69. The quantitative estimate of drug-likeness (QED) is 0.195. The van der Waals surface area contributed by atoms with E-state index in [1.165, 1.54) is 10.5 Å². The van der Waals surface area contributed by atoms with Gasteiger partial charge in [0.1, 0.15) is 11.1 Å². The Kier molecular flexibility index (Phi) is 6.87. The number of anilines is 1. The maximum Gasteiger partial charge on any atom is 0.177 e. The molecule has 0 unspecified atom stereocenters. The predicted molar refractivity (Wildman–Crippen MR) is 159 cm³/mol. The van der Waals surface area contributed by atoms with Crippen LogP contribution in [0.4, 0.5) is 5.69 Å². The molecule has 0 amide bonds. The maximum atomic E-state index is 6.37.